The van der Waals surface area contributed by atoms with Crippen molar-refractivity contribution in [3.63, 3.8) is 0 Å². The fourth-order valence-corrected chi connectivity index (χ4v) is 1.06. The molecule has 1 rings (SSSR count). The molecule has 1 heterocycles. The molecule has 0 spiro atoms. The topological polar surface area (TPSA) is 38.9 Å². The first-order valence-corrected chi connectivity index (χ1v) is 4.07. The predicted molar refractivity (Wildman–Crippen MR) is 50.8 cm³/mol. The number of halogens is 1. The lowest BCUT2D eigenvalue weighted by atomic mass is 10.2. The highest BCUT2D eigenvalue weighted by molar-refractivity contribution is 6.29. The van der Waals surface area contributed by atoms with Gasteiger partial charge in [-0.3, -0.25) is 4.98 Å². The van der Waals surface area contributed by atoms with Crippen molar-refractivity contribution in [2.24, 2.45) is 5.73 Å². The summed E-state index contributed by atoms with van der Waals surface area (Å²) < 4.78 is 0. The molecule has 0 amide bonds. The summed E-state index contributed by atoms with van der Waals surface area (Å²) in [6, 6.07) is 3.86. The van der Waals surface area contributed by atoms with Crippen molar-refractivity contribution < 1.29 is 0 Å². The largest absolute Gasteiger partial charge is 0.325 e. The molecule has 1 aromatic rings. The molecule has 0 atom stereocenters. The van der Waals surface area contributed by atoms with Gasteiger partial charge in [-0.05, 0) is 11.6 Å². The van der Waals surface area contributed by atoms with E-state index in [0.717, 1.165) is 11.3 Å². The van der Waals surface area contributed by atoms with Crippen molar-refractivity contribution in [2.45, 2.75) is 13.0 Å². The van der Waals surface area contributed by atoms with E-state index >= 15 is 0 Å². The first kappa shape index (κ1) is 9.23. The molecule has 0 aromatic carbocycles. The third kappa shape index (κ3) is 2.64. The minimum absolute atomic E-state index is 0.474. The van der Waals surface area contributed by atoms with Crippen molar-refractivity contribution >= 4 is 11.6 Å². The number of aromatic nitrogens is 1. The zero-order valence-electron chi connectivity index (χ0n) is 6.76. The Hall–Kier alpha value is -0.860. The van der Waals surface area contributed by atoms with Gasteiger partial charge in [0.25, 0.3) is 0 Å². The average Bonchev–Trinajstić information content (AvgIpc) is 2.05. The van der Waals surface area contributed by atoms with Gasteiger partial charge in [0, 0.05) is 24.2 Å². The molecular weight excluding hydrogens is 172 g/mol. The van der Waals surface area contributed by atoms with Crippen LogP contribution in [0.3, 0.4) is 0 Å². The molecule has 2 N–H and O–H groups in total. The highest BCUT2D eigenvalue weighted by atomic mass is 35.5. The molecule has 2 nitrogen and oxygen atoms in total. The van der Waals surface area contributed by atoms with Crippen LogP contribution in [-0.4, -0.2) is 4.98 Å². The van der Waals surface area contributed by atoms with E-state index in [9.17, 15) is 0 Å². The number of rotatable bonds is 3. The number of hydrogen-bond acceptors (Lipinski definition) is 2. The summed E-state index contributed by atoms with van der Waals surface area (Å²) in [5.41, 5.74) is 7.35. The van der Waals surface area contributed by atoms with Gasteiger partial charge in [-0.1, -0.05) is 24.2 Å². The number of nitrogens with zero attached hydrogens (tertiary/aromatic N) is 1. The molecule has 3 heteroatoms. The van der Waals surface area contributed by atoms with Crippen LogP contribution in [0.15, 0.2) is 29.9 Å². The fraction of sp³-hybridized carbons (Fsp3) is 0.222. The normalized spacial score (nSPS) is 9.83. The first-order valence-electron chi connectivity index (χ1n) is 3.69. The summed E-state index contributed by atoms with van der Waals surface area (Å²) in [7, 11) is 0. The summed E-state index contributed by atoms with van der Waals surface area (Å²) in [5.74, 6) is 0. The van der Waals surface area contributed by atoms with E-state index in [-0.39, 0.29) is 0 Å². The van der Waals surface area contributed by atoms with E-state index in [1.165, 1.54) is 0 Å². The van der Waals surface area contributed by atoms with Crippen LogP contribution in [0.4, 0.5) is 0 Å². The van der Waals surface area contributed by atoms with Gasteiger partial charge >= 0.3 is 0 Å². The molecule has 12 heavy (non-hydrogen) atoms. The van der Waals surface area contributed by atoms with Crippen LogP contribution >= 0.6 is 11.6 Å². The number of nitrogens with two attached hydrogens (primary N) is 1. The Balaban J connectivity index is 2.71. The summed E-state index contributed by atoms with van der Waals surface area (Å²) >= 11 is 5.64. The zero-order chi connectivity index (χ0) is 8.97. The van der Waals surface area contributed by atoms with E-state index in [4.69, 9.17) is 17.3 Å². The minimum atomic E-state index is 0.474. The maximum absolute atomic E-state index is 5.64. The fourth-order valence-electron chi connectivity index (χ4n) is 0.902. The Morgan fingerprint density at radius 2 is 2.33 bits per heavy atom. The Morgan fingerprint density at radius 1 is 1.58 bits per heavy atom. The Labute approximate surface area is 77.1 Å². The van der Waals surface area contributed by atoms with Gasteiger partial charge < -0.3 is 5.73 Å². The van der Waals surface area contributed by atoms with Crippen LogP contribution in [0.25, 0.3) is 0 Å². The monoisotopic (exact) mass is 182 g/mol. The van der Waals surface area contributed by atoms with Gasteiger partial charge in [0.15, 0.2) is 0 Å². The average molecular weight is 183 g/mol. The van der Waals surface area contributed by atoms with Crippen LogP contribution in [0.1, 0.15) is 11.3 Å². The number of allylic oxidation sites excluding steroid dienone is 1. The predicted octanol–water partition coefficient (Wildman–Crippen LogP) is 1.84. The molecule has 0 aliphatic rings. The summed E-state index contributed by atoms with van der Waals surface area (Å²) in [6.07, 6.45) is 2.44. The first-order chi connectivity index (χ1) is 5.72. The van der Waals surface area contributed by atoms with Crippen molar-refractivity contribution in [3.05, 3.63) is 41.2 Å². The highest BCUT2D eigenvalue weighted by Gasteiger charge is 1.95. The van der Waals surface area contributed by atoms with Gasteiger partial charge in [0.1, 0.15) is 0 Å². The second-order valence-electron chi connectivity index (χ2n) is 2.56. The van der Waals surface area contributed by atoms with Crippen molar-refractivity contribution in [1.29, 1.82) is 0 Å². The summed E-state index contributed by atoms with van der Waals surface area (Å²) in [6.45, 7) is 4.08. The lowest BCUT2D eigenvalue weighted by molar-refractivity contribution is 0.978. The molecular formula is C9H11ClN2. The molecule has 64 valence electrons. The third-order valence-corrected chi connectivity index (χ3v) is 1.62. The minimum Gasteiger partial charge on any atom is -0.325 e. The number of hydrogen-bond donors (Lipinski definition) is 1. The van der Waals surface area contributed by atoms with Crippen molar-refractivity contribution in [3.8, 4) is 0 Å². The lowest BCUT2D eigenvalue weighted by Gasteiger charge is -1.99. The van der Waals surface area contributed by atoms with Gasteiger partial charge in [0.2, 0.25) is 0 Å². The molecule has 0 saturated carbocycles. The van der Waals surface area contributed by atoms with Gasteiger partial charge in [0.05, 0.1) is 5.69 Å². The van der Waals surface area contributed by atoms with Gasteiger partial charge in [-0.25, -0.2) is 0 Å². The molecule has 0 radical (unpaired) electrons. The van der Waals surface area contributed by atoms with E-state index < -0.39 is 0 Å². The van der Waals surface area contributed by atoms with Gasteiger partial charge in [-0.2, -0.15) is 0 Å². The second kappa shape index (κ2) is 4.24. The molecule has 0 unspecified atom stereocenters. The smallest absolute Gasteiger partial charge is 0.0539 e. The molecule has 0 bridgehead atoms. The van der Waals surface area contributed by atoms with Crippen LogP contribution in [0, 0.1) is 0 Å². The van der Waals surface area contributed by atoms with E-state index in [0.29, 0.717) is 18.0 Å². The maximum Gasteiger partial charge on any atom is 0.0539 e. The van der Waals surface area contributed by atoms with Gasteiger partial charge in [-0.15, -0.1) is 0 Å². The Kier molecular flexibility index (Phi) is 3.26. The quantitative estimate of drug-likeness (QED) is 0.775. The summed E-state index contributed by atoms with van der Waals surface area (Å²) in [4.78, 5) is 4.13. The second-order valence-corrected chi connectivity index (χ2v) is 3.09. The molecule has 0 aliphatic heterocycles. The van der Waals surface area contributed by atoms with E-state index in [2.05, 4.69) is 11.6 Å². The highest BCUT2D eigenvalue weighted by Crippen LogP contribution is 2.08. The molecule has 0 saturated heterocycles. The molecule has 0 aliphatic carbocycles. The summed E-state index contributed by atoms with van der Waals surface area (Å²) in [5, 5.41) is 0.622. The van der Waals surface area contributed by atoms with E-state index in [1.54, 1.807) is 6.20 Å². The van der Waals surface area contributed by atoms with Crippen LogP contribution < -0.4 is 5.73 Å². The van der Waals surface area contributed by atoms with Crippen molar-refractivity contribution in [2.75, 3.05) is 0 Å². The Morgan fingerprint density at radius 3 is 2.75 bits per heavy atom. The van der Waals surface area contributed by atoms with Crippen molar-refractivity contribution in [1.82, 2.24) is 4.98 Å². The molecule has 1 aromatic heterocycles. The number of pyridine rings is 1. The third-order valence-electron chi connectivity index (χ3n) is 1.49. The van der Waals surface area contributed by atoms with E-state index in [1.807, 2.05) is 12.1 Å². The maximum atomic E-state index is 5.64. The standard InChI is InChI=1S/C9H11ClN2/c1-7(10)4-8-2-3-9(5-11)12-6-8/h2-3,6H,1,4-5,11H2. The van der Waals surface area contributed by atoms with Crippen LogP contribution in [0.5, 0.6) is 0 Å². The van der Waals surface area contributed by atoms with Crippen LogP contribution in [-0.2, 0) is 13.0 Å². The Bertz CT molecular complexity index is 266. The molecule has 0 fully saturated rings. The SMILES string of the molecule is C=C(Cl)Cc1ccc(CN)nc1. The zero-order valence-corrected chi connectivity index (χ0v) is 7.51. The van der Waals surface area contributed by atoms with Crippen LogP contribution in [0.2, 0.25) is 0 Å². The lowest BCUT2D eigenvalue weighted by Crippen LogP contribution is -1.99.